The number of likely N-dealkylation sites (tertiary alicyclic amines) is 1. The third-order valence-electron chi connectivity index (χ3n) is 6.32. The molecule has 4 aromatic rings. The van der Waals surface area contributed by atoms with E-state index in [0.717, 1.165) is 35.4 Å². The van der Waals surface area contributed by atoms with Crippen molar-refractivity contribution in [2.45, 2.75) is 26.4 Å². The van der Waals surface area contributed by atoms with Crippen molar-refractivity contribution in [3.05, 3.63) is 95.9 Å². The number of piperidine rings is 1. The van der Waals surface area contributed by atoms with Crippen LogP contribution in [0.1, 0.15) is 34.5 Å². The van der Waals surface area contributed by atoms with Crippen molar-refractivity contribution >= 4 is 23.1 Å². The molecule has 2 aromatic carbocycles. The fourth-order valence-electron chi connectivity index (χ4n) is 4.47. The summed E-state index contributed by atoms with van der Waals surface area (Å²) in [6.07, 6.45) is 5.47. The zero-order valence-corrected chi connectivity index (χ0v) is 19.7. The number of para-hydroxylation sites is 1. The van der Waals surface area contributed by atoms with Crippen molar-refractivity contribution in [3.63, 3.8) is 0 Å². The van der Waals surface area contributed by atoms with Gasteiger partial charge in [0.2, 0.25) is 5.91 Å². The molecule has 0 saturated carbocycles. The first-order valence-electron chi connectivity index (χ1n) is 11.9. The van der Waals surface area contributed by atoms with E-state index in [9.17, 15) is 9.59 Å². The van der Waals surface area contributed by atoms with Crippen LogP contribution >= 0.6 is 0 Å². The molecule has 1 fully saturated rings. The lowest BCUT2D eigenvalue weighted by molar-refractivity contribution is -0.121. The zero-order chi connectivity index (χ0) is 24.2. The summed E-state index contributed by atoms with van der Waals surface area (Å²) in [5, 5.41) is 2.96. The predicted molar refractivity (Wildman–Crippen MR) is 134 cm³/mol. The van der Waals surface area contributed by atoms with E-state index in [-0.39, 0.29) is 17.7 Å². The highest BCUT2D eigenvalue weighted by molar-refractivity contribution is 5.96. The fourth-order valence-corrected chi connectivity index (χ4v) is 4.47. The molecule has 0 radical (unpaired) electrons. The van der Waals surface area contributed by atoms with Crippen LogP contribution in [0.25, 0.3) is 5.65 Å². The maximum atomic E-state index is 13.2. The molecule has 178 valence electrons. The van der Waals surface area contributed by atoms with E-state index in [1.165, 1.54) is 0 Å². The second-order valence-corrected chi connectivity index (χ2v) is 8.92. The summed E-state index contributed by atoms with van der Waals surface area (Å²) in [5.74, 6) is 0.246. The molecule has 0 bridgehead atoms. The van der Waals surface area contributed by atoms with Crippen LogP contribution in [0, 0.1) is 12.8 Å². The average Bonchev–Trinajstić information content (AvgIpc) is 3.32. The van der Waals surface area contributed by atoms with E-state index in [4.69, 9.17) is 4.74 Å². The molecule has 1 saturated heterocycles. The Bertz CT molecular complexity index is 1350. The van der Waals surface area contributed by atoms with Gasteiger partial charge in [0.05, 0.1) is 11.6 Å². The van der Waals surface area contributed by atoms with Gasteiger partial charge in [-0.25, -0.2) is 4.98 Å². The highest BCUT2D eigenvalue weighted by Crippen LogP contribution is 2.23. The average molecular weight is 469 g/mol. The van der Waals surface area contributed by atoms with E-state index in [1.807, 2.05) is 78.3 Å². The van der Waals surface area contributed by atoms with Crippen molar-refractivity contribution in [2.24, 2.45) is 5.92 Å². The SMILES string of the molecule is Cc1cccn2cc(COc3cccc(C(=O)N4CCCC(C(=O)Nc5ccccc5)C4)c3)nc12. The number of carbonyl (C=O) groups excluding carboxylic acids is 2. The molecular formula is C28H28N4O3. The van der Waals surface area contributed by atoms with E-state index >= 15 is 0 Å². The Kier molecular flexibility index (Phi) is 6.48. The van der Waals surface area contributed by atoms with Gasteiger partial charge in [-0.05, 0) is 61.7 Å². The minimum absolute atomic E-state index is 0.0477. The van der Waals surface area contributed by atoms with Gasteiger partial charge in [0.25, 0.3) is 5.91 Å². The van der Waals surface area contributed by atoms with Crippen molar-refractivity contribution < 1.29 is 14.3 Å². The summed E-state index contributed by atoms with van der Waals surface area (Å²) >= 11 is 0. The number of imidazole rings is 1. The number of hydrogen-bond donors (Lipinski definition) is 1. The number of nitrogens with zero attached hydrogens (tertiary/aromatic N) is 3. The molecule has 2 amide bonds. The molecule has 5 rings (SSSR count). The first-order valence-corrected chi connectivity index (χ1v) is 11.9. The van der Waals surface area contributed by atoms with Gasteiger partial charge in [-0.1, -0.05) is 30.3 Å². The topological polar surface area (TPSA) is 75.9 Å². The summed E-state index contributed by atoms with van der Waals surface area (Å²) in [4.78, 5) is 32.4. The lowest BCUT2D eigenvalue weighted by atomic mass is 9.96. The second-order valence-electron chi connectivity index (χ2n) is 8.92. The number of ether oxygens (including phenoxy) is 1. The number of nitrogens with one attached hydrogen (secondary N) is 1. The third kappa shape index (κ3) is 5.19. The number of hydrogen-bond acceptors (Lipinski definition) is 4. The summed E-state index contributed by atoms with van der Waals surface area (Å²) in [5.41, 5.74) is 4.15. The number of fused-ring (bicyclic) bond motifs is 1. The maximum Gasteiger partial charge on any atom is 0.254 e. The highest BCUT2D eigenvalue weighted by Gasteiger charge is 2.29. The van der Waals surface area contributed by atoms with E-state index in [2.05, 4.69) is 10.3 Å². The molecule has 7 heteroatoms. The van der Waals surface area contributed by atoms with Crippen LogP contribution in [0.5, 0.6) is 5.75 Å². The van der Waals surface area contributed by atoms with Crippen LogP contribution in [0.15, 0.2) is 79.1 Å². The molecule has 3 heterocycles. The Morgan fingerprint density at radius 3 is 2.77 bits per heavy atom. The van der Waals surface area contributed by atoms with Gasteiger partial charge in [0.1, 0.15) is 18.0 Å². The summed E-state index contributed by atoms with van der Waals surface area (Å²) in [6.45, 7) is 3.38. The number of anilines is 1. The third-order valence-corrected chi connectivity index (χ3v) is 6.32. The zero-order valence-electron chi connectivity index (χ0n) is 19.7. The van der Waals surface area contributed by atoms with Crippen molar-refractivity contribution in [1.82, 2.24) is 14.3 Å². The maximum absolute atomic E-state index is 13.2. The Balaban J connectivity index is 1.22. The number of benzene rings is 2. The van der Waals surface area contributed by atoms with E-state index < -0.39 is 0 Å². The second kappa shape index (κ2) is 10.0. The van der Waals surface area contributed by atoms with Gasteiger partial charge in [-0.3, -0.25) is 9.59 Å². The number of carbonyl (C=O) groups is 2. The number of aromatic nitrogens is 2. The number of pyridine rings is 1. The van der Waals surface area contributed by atoms with Gasteiger partial charge in [0, 0.05) is 36.7 Å². The first-order chi connectivity index (χ1) is 17.1. The minimum Gasteiger partial charge on any atom is -0.487 e. The van der Waals surface area contributed by atoms with E-state index in [1.54, 1.807) is 17.0 Å². The van der Waals surface area contributed by atoms with Gasteiger partial charge in [-0.15, -0.1) is 0 Å². The van der Waals surface area contributed by atoms with Crippen LogP contribution in [-0.2, 0) is 11.4 Å². The Labute approximate surface area is 204 Å². The predicted octanol–water partition coefficient (Wildman–Crippen LogP) is 4.71. The molecule has 0 spiro atoms. The van der Waals surface area contributed by atoms with Gasteiger partial charge in [0.15, 0.2) is 0 Å². The Morgan fingerprint density at radius 2 is 1.94 bits per heavy atom. The number of rotatable bonds is 6. The number of amides is 2. The molecule has 0 aliphatic carbocycles. The van der Waals surface area contributed by atoms with Crippen molar-refractivity contribution in [3.8, 4) is 5.75 Å². The molecule has 1 unspecified atom stereocenters. The van der Waals surface area contributed by atoms with Crippen molar-refractivity contribution in [1.29, 1.82) is 0 Å². The Hall–Kier alpha value is -4.13. The lowest BCUT2D eigenvalue weighted by Gasteiger charge is -2.32. The first kappa shape index (κ1) is 22.7. The minimum atomic E-state index is -0.231. The highest BCUT2D eigenvalue weighted by atomic mass is 16.5. The van der Waals surface area contributed by atoms with E-state index in [0.29, 0.717) is 31.0 Å². The van der Waals surface area contributed by atoms with Crippen LogP contribution in [0.2, 0.25) is 0 Å². The molecule has 1 aliphatic heterocycles. The summed E-state index contributed by atoms with van der Waals surface area (Å²) in [7, 11) is 0. The van der Waals surface area contributed by atoms with Gasteiger partial charge in [-0.2, -0.15) is 0 Å². The molecule has 1 N–H and O–H groups in total. The number of aryl methyl sites for hydroxylation is 1. The quantitative estimate of drug-likeness (QED) is 0.445. The molecule has 35 heavy (non-hydrogen) atoms. The lowest BCUT2D eigenvalue weighted by Crippen LogP contribution is -2.43. The van der Waals surface area contributed by atoms with Crippen LogP contribution in [-0.4, -0.2) is 39.2 Å². The summed E-state index contributed by atoms with van der Waals surface area (Å²) < 4.78 is 7.94. The fraction of sp³-hybridized carbons (Fsp3) is 0.250. The molecule has 7 nitrogen and oxygen atoms in total. The largest absolute Gasteiger partial charge is 0.487 e. The smallest absolute Gasteiger partial charge is 0.254 e. The molecule has 1 aliphatic rings. The molecule has 2 aromatic heterocycles. The monoisotopic (exact) mass is 468 g/mol. The van der Waals surface area contributed by atoms with Crippen LogP contribution in [0.4, 0.5) is 5.69 Å². The Morgan fingerprint density at radius 1 is 1.09 bits per heavy atom. The molecular weight excluding hydrogens is 440 g/mol. The molecule has 1 atom stereocenters. The summed E-state index contributed by atoms with van der Waals surface area (Å²) in [6, 6.07) is 20.6. The van der Waals surface area contributed by atoms with Crippen LogP contribution in [0.3, 0.4) is 0 Å². The normalized spacial score (nSPS) is 15.7. The van der Waals surface area contributed by atoms with Gasteiger partial charge >= 0.3 is 0 Å². The van der Waals surface area contributed by atoms with Crippen LogP contribution < -0.4 is 10.1 Å². The van der Waals surface area contributed by atoms with Crippen molar-refractivity contribution in [2.75, 3.05) is 18.4 Å². The van der Waals surface area contributed by atoms with Gasteiger partial charge < -0.3 is 19.4 Å². The standard InChI is InChI=1S/C28H28N4O3/c1-20-8-6-14-31-18-24(29-26(20)31)19-35-25-13-5-9-21(16-25)28(34)32-15-7-10-22(17-32)27(33)30-23-11-3-2-4-12-23/h2-6,8-9,11-14,16,18,22H,7,10,15,17,19H2,1H3,(H,30,33).